The molecule has 0 saturated carbocycles. The minimum atomic E-state index is 0.143. The van der Waals surface area contributed by atoms with Gasteiger partial charge in [-0.05, 0) is 25.0 Å². The third-order valence-corrected chi connectivity index (χ3v) is 5.52. The molecule has 0 bridgehead atoms. The third-order valence-electron chi connectivity index (χ3n) is 4.50. The summed E-state index contributed by atoms with van der Waals surface area (Å²) >= 11 is 1.42. The highest BCUT2D eigenvalue weighted by atomic mass is 32.2. The number of para-hydroxylation sites is 2. The van der Waals surface area contributed by atoms with E-state index in [1.807, 2.05) is 40.8 Å². The number of hydrogen-bond donors (Lipinski definition) is 0. The predicted octanol–water partition coefficient (Wildman–Crippen LogP) is 2.45. The van der Waals surface area contributed by atoms with Gasteiger partial charge in [0.25, 0.3) is 0 Å². The molecule has 2 aromatic heterocycles. The zero-order chi connectivity index (χ0) is 17.2. The molecule has 8 heteroatoms. The largest absolute Gasteiger partial charge is 0.440 e. The van der Waals surface area contributed by atoms with Crippen LogP contribution in [0.1, 0.15) is 24.7 Å². The van der Waals surface area contributed by atoms with Gasteiger partial charge in [0.1, 0.15) is 11.8 Å². The van der Waals surface area contributed by atoms with E-state index in [-0.39, 0.29) is 11.8 Å². The molecule has 0 spiro atoms. The predicted molar refractivity (Wildman–Crippen MR) is 94.3 cm³/mol. The molecule has 25 heavy (non-hydrogen) atoms. The molecular weight excluding hydrogens is 338 g/mol. The first kappa shape index (κ1) is 16.1. The quantitative estimate of drug-likeness (QED) is 0.668. The van der Waals surface area contributed by atoms with Crippen LogP contribution in [0.4, 0.5) is 0 Å². The van der Waals surface area contributed by atoms with Gasteiger partial charge in [-0.2, -0.15) is 0 Å². The minimum absolute atomic E-state index is 0.143. The van der Waals surface area contributed by atoms with Crippen molar-refractivity contribution in [3.8, 4) is 0 Å². The second kappa shape index (κ2) is 6.87. The van der Waals surface area contributed by atoms with Gasteiger partial charge in [0.15, 0.2) is 16.6 Å². The van der Waals surface area contributed by atoms with Crippen molar-refractivity contribution >= 4 is 28.8 Å². The second-order valence-corrected chi connectivity index (χ2v) is 7.13. The fourth-order valence-corrected chi connectivity index (χ4v) is 3.85. The van der Waals surface area contributed by atoms with Crippen molar-refractivity contribution in [2.75, 3.05) is 18.8 Å². The summed E-state index contributed by atoms with van der Waals surface area (Å²) in [5.41, 5.74) is 1.73. The molecule has 0 radical (unpaired) electrons. The number of benzene rings is 1. The maximum atomic E-state index is 12.4. The maximum absolute atomic E-state index is 12.4. The van der Waals surface area contributed by atoms with Gasteiger partial charge >= 0.3 is 0 Å². The lowest BCUT2D eigenvalue weighted by Gasteiger charge is -2.30. The van der Waals surface area contributed by atoms with E-state index >= 15 is 0 Å². The summed E-state index contributed by atoms with van der Waals surface area (Å²) in [6.45, 7) is 1.48. The van der Waals surface area contributed by atoms with E-state index in [1.165, 1.54) is 11.8 Å². The van der Waals surface area contributed by atoms with Crippen LogP contribution in [-0.2, 0) is 11.8 Å². The molecule has 1 aromatic carbocycles. The van der Waals surface area contributed by atoms with E-state index in [0.29, 0.717) is 5.75 Å². The number of aromatic nitrogens is 4. The number of aryl methyl sites for hydroxylation is 1. The fourth-order valence-electron chi connectivity index (χ4n) is 3.06. The zero-order valence-electron chi connectivity index (χ0n) is 14.0. The van der Waals surface area contributed by atoms with Crippen molar-refractivity contribution in [1.29, 1.82) is 0 Å². The second-order valence-electron chi connectivity index (χ2n) is 6.19. The average molecular weight is 357 g/mol. The summed E-state index contributed by atoms with van der Waals surface area (Å²) in [6.07, 6.45) is 3.40. The molecule has 1 aliphatic rings. The number of likely N-dealkylation sites (tertiary alicyclic amines) is 1. The summed E-state index contributed by atoms with van der Waals surface area (Å²) in [5, 5.41) is 8.57. The van der Waals surface area contributed by atoms with Crippen LogP contribution in [-0.4, -0.2) is 49.4 Å². The van der Waals surface area contributed by atoms with Crippen molar-refractivity contribution in [1.82, 2.24) is 24.6 Å². The fraction of sp³-hybridized carbons (Fsp3) is 0.412. The van der Waals surface area contributed by atoms with Crippen LogP contribution in [0.2, 0.25) is 0 Å². The SMILES string of the molecule is Cn1cnnc1SCC(=O)N1CCC(c2nc3ccccc3o2)CC1. The number of rotatable bonds is 4. The topological polar surface area (TPSA) is 77.1 Å². The van der Waals surface area contributed by atoms with E-state index in [1.54, 1.807) is 6.33 Å². The summed E-state index contributed by atoms with van der Waals surface area (Å²) < 4.78 is 7.69. The van der Waals surface area contributed by atoms with Gasteiger partial charge in [0.2, 0.25) is 5.91 Å². The van der Waals surface area contributed by atoms with Crippen LogP contribution in [0.15, 0.2) is 40.2 Å². The first-order valence-electron chi connectivity index (χ1n) is 8.31. The molecule has 7 nitrogen and oxygen atoms in total. The Bertz CT molecular complexity index is 849. The summed E-state index contributed by atoms with van der Waals surface area (Å²) in [7, 11) is 1.87. The highest BCUT2D eigenvalue weighted by Crippen LogP contribution is 2.30. The number of nitrogens with zero attached hydrogens (tertiary/aromatic N) is 5. The molecular formula is C17H19N5O2S. The van der Waals surface area contributed by atoms with Crippen molar-refractivity contribution in [3.05, 3.63) is 36.5 Å². The molecule has 0 N–H and O–H groups in total. The Morgan fingerprint density at radius 3 is 2.84 bits per heavy atom. The van der Waals surface area contributed by atoms with E-state index in [2.05, 4.69) is 15.2 Å². The van der Waals surface area contributed by atoms with Crippen LogP contribution < -0.4 is 0 Å². The van der Waals surface area contributed by atoms with Crippen LogP contribution in [0, 0.1) is 0 Å². The number of carbonyl (C=O) groups is 1. The van der Waals surface area contributed by atoms with Gasteiger partial charge in [-0.1, -0.05) is 23.9 Å². The molecule has 130 valence electrons. The maximum Gasteiger partial charge on any atom is 0.233 e. The van der Waals surface area contributed by atoms with Gasteiger partial charge in [-0.3, -0.25) is 4.79 Å². The Morgan fingerprint density at radius 1 is 1.32 bits per heavy atom. The lowest BCUT2D eigenvalue weighted by molar-refractivity contribution is -0.129. The van der Waals surface area contributed by atoms with Crippen LogP contribution >= 0.6 is 11.8 Å². The van der Waals surface area contributed by atoms with Gasteiger partial charge in [-0.15, -0.1) is 10.2 Å². The van der Waals surface area contributed by atoms with Crippen molar-refractivity contribution < 1.29 is 9.21 Å². The number of thioether (sulfide) groups is 1. The van der Waals surface area contributed by atoms with Crippen LogP contribution in [0.25, 0.3) is 11.1 Å². The minimum Gasteiger partial charge on any atom is -0.440 e. The van der Waals surface area contributed by atoms with E-state index < -0.39 is 0 Å². The number of hydrogen-bond acceptors (Lipinski definition) is 6. The highest BCUT2D eigenvalue weighted by molar-refractivity contribution is 7.99. The summed E-state index contributed by atoms with van der Waals surface area (Å²) in [5.74, 6) is 1.61. The van der Waals surface area contributed by atoms with E-state index in [4.69, 9.17) is 4.42 Å². The van der Waals surface area contributed by atoms with Gasteiger partial charge < -0.3 is 13.9 Å². The average Bonchev–Trinajstić information content (AvgIpc) is 3.25. The van der Waals surface area contributed by atoms with E-state index in [0.717, 1.165) is 48.1 Å². The van der Waals surface area contributed by atoms with Crippen LogP contribution in [0.5, 0.6) is 0 Å². The third kappa shape index (κ3) is 3.39. The Hall–Kier alpha value is -2.35. The number of oxazole rings is 1. The molecule has 1 amide bonds. The molecule has 1 saturated heterocycles. The van der Waals surface area contributed by atoms with Crippen molar-refractivity contribution in [2.45, 2.75) is 23.9 Å². The molecule has 3 heterocycles. The number of carbonyl (C=O) groups excluding carboxylic acids is 1. The lowest BCUT2D eigenvalue weighted by atomic mass is 9.97. The van der Waals surface area contributed by atoms with Crippen molar-refractivity contribution in [3.63, 3.8) is 0 Å². The summed E-state index contributed by atoms with van der Waals surface area (Å²) in [4.78, 5) is 18.9. The normalized spacial score (nSPS) is 15.8. The number of piperidine rings is 1. The Morgan fingerprint density at radius 2 is 2.12 bits per heavy atom. The monoisotopic (exact) mass is 357 g/mol. The van der Waals surface area contributed by atoms with Gasteiger partial charge in [0, 0.05) is 26.1 Å². The first-order valence-corrected chi connectivity index (χ1v) is 9.29. The smallest absolute Gasteiger partial charge is 0.233 e. The van der Waals surface area contributed by atoms with Crippen molar-refractivity contribution in [2.24, 2.45) is 7.05 Å². The molecule has 1 aliphatic heterocycles. The summed E-state index contributed by atoms with van der Waals surface area (Å²) in [6, 6.07) is 7.82. The molecule has 0 unspecified atom stereocenters. The van der Waals surface area contributed by atoms with E-state index in [9.17, 15) is 4.79 Å². The van der Waals surface area contributed by atoms with Crippen LogP contribution in [0.3, 0.4) is 0 Å². The number of fused-ring (bicyclic) bond motifs is 1. The first-order chi connectivity index (χ1) is 12.2. The van der Waals surface area contributed by atoms with Gasteiger partial charge in [-0.25, -0.2) is 4.98 Å². The lowest BCUT2D eigenvalue weighted by Crippen LogP contribution is -2.39. The zero-order valence-corrected chi connectivity index (χ0v) is 14.8. The molecule has 0 aliphatic carbocycles. The highest BCUT2D eigenvalue weighted by Gasteiger charge is 2.27. The standard InChI is InChI=1S/C17H19N5O2S/c1-21-11-18-20-17(21)25-10-15(23)22-8-6-12(7-9-22)16-19-13-4-2-3-5-14(13)24-16/h2-5,11-12H,6-10H2,1H3. The molecule has 4 rings (SSSR count). The Labute approximate surface area is 149 Å². The number of amides is 1. The Balaban J connectivity index is 1.33. The molecule has 0 atom stereocenters. The molecule has 3 aromatic rings. The molecule has 1 fully saturated rings. The van der Waals surface area contributed by atoms with Gasteiger partial charge in [0.05, 0.1) is 5.75 Å². The Kier molecular flexibility index (Phi) is 4.44.